The molecule has 1 aliphatic carbocycles. The van der Waals surface area contributed by atoms with E-state index in [0.29, 0.717) is 17.1 Å². The lowest BCUT2D eigenvalue weighted by molar-refractivity contribution is 0.0232. The summed E-state index contributed by atoms with van der Waals surface area (Å²) in [5.74, 6) is 1.09. The summed E-state index contributed by atoms with van der Waals surface area (Å²) in [6, 6.07) is 7.67. The summed E-state index contributed by atoms with van der Waals surface area (Å²) in [5, 5.41) is 13.5. The Morgan fingerprint density at radius 3 is 2.90 bits per heavy atom. The Balaban J connectivity index is 1.80. The monoisotopic (exact) mass is 287 g/mol. The van der Waals surface area contributed by atoms with E-state index in [-0.39, 0.29) is 18.1 Å². The number of fused-ring (bicyclic) bond motifs is 1. The van der Waals surface area contributed by atoms with E-state index in [1.165, 1.54) is 0 Å². The van der Waals surface area contributed by atoms with Gasteiger partial charge < -0.3 is 14.8 Å². The van der Waals surface area contributed by atoms with Crippen LogP contribution in [0, 0.1) is 12.8 Å². The second-order valence-corrected chi connectivity index (χ2v) is 5.95. The van der Waals surface area contributed by atoms with Crippen molar-refractivity contribution in [3.8, 4) is 0 Å². The van der Waals surface area contributed by atoms with Crippen molar-refractivity contribution in [1.82, 2.24) is 5.32 Å². The van der Waals surface area contributed by atoms with Crippen molar-refractivity contribution >= 4 is 16.9 Å². The average Bonchev–Trinajstić information content (AvgIpc) is 2.81. The van der Waals surface area contributed by atoms with Gasteiger partial charge in [0.05, 0.1) is 11.7 Å². The van der Waals surface area contributed by atoms with Crippen LogP contribution in [0.2, 0.25) is 0 Å². The largest absolute Gasteiger partial charge is 0.461 e. The first-order valence-electron chi connectivity index (χ1n) is 7.56. The quantitative estimate of drug-likeness (QED) is 0.908. The van der Waals surface area contributed by atoms with Crippen LogP contribution in [0.4, 0.5) is 0 Å². The van der Waals surface area contributed by atoms with E-state index in [2.05, 4.69) is 12.2 Å². The summed E-state index contributed by atoms with van der Waals surface area (Å²) in [7, 11) is 0. The first kappa shape index (κ1) is 14.1. The third kappa shape index (κ3) is 2.68. The van der Waals surface area contributed by atoms with Gasteiger partial charge in [-0.25, -0.2) is 0 Å². The van der Waals surface area contributed by atoms with E-state index >= 15 is 0 Å². The number of nitrogens with one attached hydrogen (secondary N) is 1. The van der Waals surface area contributed by atoms with Crippen molar-refractivity contribution in [3.63, 3.8) is 0 Å². The number of benzene rings is 1. The van der Waals surface area contributed by atoms with Crippen molar-refractivity contribution < 1.29 is 14.3 Å². The van der Waals surface area contributed by atoms with Crippen LogP contribution in [0.15, 0.2) is 28.7 Å². The number of aliphatic hydroxyl groups excluding tert-OH is 1. The third-order valence-electron chi connectivity index (χ3n) is 4.39. The standard InChI is InChI=1S/C17H21NO3/c1-3-15(12-8-13(19)9-12)18-17(20)14-6-4-5-11-7-10(2)21-16(11)14/h4-7,12-13,15,19H,3,8-9H2,1-2H3,(H,18,20). The Morgan fingerprint density at radius 2 is 2.24 bits per heavy atom. The Hall–Kier alpha value is -1.81. The molecule has 112 valence electrons. The van der Waals surface area contributed by atoms with Crippen molar-refractivity contribution in [3.05, 3.63) is 35.6 Å². The molecule has 0 radical (unpaired) electrons. The second kappa shape index (κ2) is 5.53. The summed E-state index contributed by atoms with van der Waals surface area (Å²) in [6.45, 7) is 3.94. The van der Waals surface area contributed by atoms with Crippen LogP contribution in [-0.2, 0) is 0 Å². The number of furan rings is 1. The highest BCUT2D eigenvalue weighted by molar-refractivity contribution is 6.05. The lowest BCUT2D eigenvalue weighted by Crippen LogP contribution is -2.46. The number of hydrogen-bond acceptors (Lipinski definition) is 3. The molecule has 2 aromatic rings. The summed E-state index contributed by atoms with van der Waals surface area (Å²) >= 11 is 0. The van der Waals surface area contributed by atoms with E-state index in [1.54, 1.807) is 6.07 Å². The number of rotatable bonds is 4. The lowest BCUT2D eigenvalue weighted by Gasteiger charge is -2.37. The summed E-state index contributed by atoms with van der Waals surface area (Å²) < 4.78 is 5.65. The predicted octanol–water partition coefficient (Wildman–Crippen LogP) is 3.02. The highest BCUT2D eigenvalue weighted by atomic mass is 16.3. The molecule has 3 rings (SSSR count). The number of aliphatic hydroxyl groups is 1. The van der Waals surface area contributed by atoms with Gasteiger partial charge in [0.2, 0.25) is 0 Å². The molecule has 1 heterocycles. The topological polar surface area (TPSA) is 62.5 Å². The first-order valence-corrected chi connectivity index (χ1v) is 7.56. The van der Waals surface area contributed by atoms with E-state index in [4.69, 9.17) is 4.42 Å². The zero-order valence-electron chi connectivity index (χ0n) is 12.4. The smallest absolute Gasteiger partial charge is 0.255 e. The SMILES string of the molecule is CCC(NC(=O)c1cccc2cc(C)oc12)C1CC(O)C1. The number of para-hydroxylation sites is 1. The molecule has 2 N–H and O–H groups in total. The molecular weight excluding hydrogens is 266 g/mol. The minimum atomic E-state index is -0.197. The second-order valence-electron chi connectivity index (χ2n) is 5.95. The fraction of sp³-hybridized carbons (Fsp3) is 0.471. The number of amides is 1. The van der Waals surface area contributed by atoms with E-state index in [1.807, 2.05) is 25.1 Å². The molecule has 4 nitrogen and oxygen atoms in total. The summed E-state index contributed by atoms with van der Waals surface area (Å²) in [6.07, 6.45) is 2.24. The Morgan fingerprint density at radius 1 is 1.48 bits per heavy atom. The van der Waals surface area contributed by atoms with Crippen LogP contribution >= 0.6 is 0 Å². The maximum absolute atomic E-state index is 12.5. The van der Waals surface area contributed by atoms with Gasteiger partial charge in [-0.2, -0.15) is 0 Å². The van der Waals surface area contributed by atoms with Crippen LogP contribution in [0.3, 0.4) is 0 Å². The molecule has 1 saturated carbocycles. The Bertz CT molecular complexity index is 655. The number of hydrogen-bond donors (Lipinski definition) is 2. The van der Waals surface area contributed by atoms with Gasteiger partial charge in [0.15, 0.2) is 0 Å². The van der Waals surface area contributed by atoms with E-state index in [9.17, 15) is 9.90 Å². The predicted molar refractivity (Wildman–Crippen MR) is 81.2 cm³/mol. The van der Waals surface area contributed by atoms with Crippen LogP contribution in [-0.4, -0.2) is 23.2 Å². The maximum Gasteiger partial charge on any atom is 0.255 e. The molecule has 1 aromatic heterocycles. The molecule has 1 aromatic carbocycles. The van der Waals surface area contributed by atoms with Crippen LogP contribution < -0.4 is 5.32 Å². The molecule has 4 heteroatoms. The van der Waals surface area contributed by atoms with Crippen molar-refractivity contribution in [1.29, 1.82) is 0 Å². The van der Waals surface area contributed by atoms with Gasteiger partial charge in [-0.3, -0.25) is 4.79 Å². The summed E-state index contributed by atoms with van der Waals surface area (Å²) in [5.41, 5.74) is 1.23. The van der Waals surface area contributed by atoms with Crippen LogP contribution in [0.25, 0.3) is 11.0 Å². The highest BCUT2D eigenvalue weighted by Crippen LogP contribution is 2.32. The molecule has 1 atom stereocenters. The highest BCUT2D eigenvalue weighted by Gasteiger charge is 2.34. The van der Waals surface area contributed by atoms with Crippen molar-refractivity contribution in [2.75, 3.05) is 0 Å². The van der Waals surface area contributed by atoms with Crippen LogP contribution in [0.5, 0.6) is 0 Å². The summed E-state index contributed by atoms with van der Waals surface area (Å²) in [4.78, 5) is 12.5. The molecule has 0 spiro atoms. The molecule has 1 aliphatic rings. The Labute approximate surface area is 124 Å². The third-order valence-corrected chi connectivity index (χ3v) is 4.39. The van der Waals surface area contributed by atoms with Crippen molar-refractivity contribution in [2.24, 2.45) is 5.92 Å². The minimum Gasteiger partial charge on any atom is -0.461 e. The molecule has 1 unspecified atom stereocenters. The van der Waals surface area contributed by atoms with E-state index < -0.39 is 0 Å². The molecule has 0 aliphatic heterocycles. The molecule has 1 amide bonds. The van der Waals surface area contributed by atoms with Gasteiger partial charge in [-0.05, 0) is 44.2 Å². The normalized spacial score (nSPS) is 22.8. The van der Waals surface area contributed by atoms with Gasteiger partial charge in [0.25, 0.3) is 5.91 Å². The zero-order chi connectivity index (χ0) is 15.0. The molecular formula is C17H21NO3. The molecule has 0 saturated heterocycles. The van der Waals surface area contributed by atoms with Gasteiger partial charge in [-0.15, -0.1) is 0 Å². The average molecular weight is 287 g/mol. The zero-order valence-corrected chi connectivity index (χ0v) is 12.4. The van der Waals surface area contributed by atoms with Gasteiger partial charge in [0.1, 0.15) is 11.3 Å². The number of carbonyl (C=O) groups is 1. The molecule has 21 heavy (non-hydrogen) atoms. The number of carbonyl (C=O) groups excluding carboxylic acids is 1. The molecule has 1 fully saturated rings. The van der Waals surface area contributed by atoms with Gasteiger partial charge in [-0.1, -0.05) is 19.1 Å². The lowest BCUT2D eigenvalue weighted by atomic mass is 9.76. The van der Waals surface area contributed by atoms with Gasteiger partial charge >= 0.3 is 0 Å². The fourth-order valence-electron chi connectivity index (χ4n) is 3.13. The minimum absolute atomic E-state index is 0.0943. The Kier molecular flexibility index (Phi) is 3.72. The van der Waals surface area contributed by atoms with E-state index in [0.717, 1.165) is 30.4 Å². The first-order chi connectivity index (χ1) is 10.1. The van der Waals surface area contributed by atoms with Gasteiger partial charge in [0, 0.05) is 11.4 Å². The van der Waals surface area contributed by atoms with Crippen molar-refractivity contribution in [2.45, 2.75) is 45.3 Å². The molecule has 0 bridgehead atoms. The fourth-order valence-corrected chi connectivity index (χ4v) is 3.13. The van der Waals surface area contributed by atoms with Crippen LogP contribution in [0.1, 0.15) is 42.3 Å². The maximum atomic E-state index is 12.5. The number of aryl methyl sites for hydroxylation is 1.